The Morgan fingerprint density at radius 2 is 2.25 bits per heavy atom. The molecule has 0 aliphatic heterocycles. The zero-order valence-electron chi connectivity index (χ0n) is 11.9. The molecule has 0 fully saturated rings. The first-order valence-corrected chi connectivity index (χ1v) is 6.70. The SMILES string of the molecule is CC(C)(C)OC(=O)NCCC=Cc1cc(N)cnc1Cl. The first-order valence-electron chi connectivity index (χ1n) is 6.32. The molecule has 1 amide bonds. The van der Waals surface area contributed by atoms with E-state index in [0.29, 0.717) is 23.8 Å². The molecule has 0 aliphatic rings. The Labute approximate surface area is 124 Å². The molecule has 110 valence electrons. The Morgan fingerprint density at radius 1 is 1.55 bits per heavy atom. The van der Waals surface area contributed by atoms with Crippen LogP contribution in [0.3, 0.4) is 0 Å². The van der Waals surface area contributed by atoms with E-state index in [-0.39, 0.29) is 0 Å². The van der Waals surface area contributed by atoms with Gasteiger partial charge in [0.1, 0.15) is 10.8 Å². The van der Waals surface area contributed by atoms with Crippen molar-refractivity contribution >= 4 is 29.5 Å². The lowest BCUT2D eigenvalue weighted by Gasteiger charge is -2.19. The van der Waals surface area contributed by atoms with E-state index in [2.05, 4.69) is 10.3 Å². The third-order valence-corrected chi connectivity index (χ3v) is 2.48. The van der Waals surface area contributed by atoms with Gasteiger partial charge in [-0.1, -0.05) is 23.8 Å². The van der Waals surface area contributed by atoms with Crippen LogP contribution in [0.5, 0.6) is 0 Å². The minimum absolute atomic E-state index is 0.399. The standard InChI is InChI=1S/C14H20ClN3O2/c1-14(2,3)20-13(19)17-7-5-4-6-10-8-11(16)9-18-12(10)15/h4,6,8-9H,5,7,16H2,1-3H3,(H,17,19). The minimum atomic E-state index is -0.485. The Balaban J connectivity index is 2.36. The number of hydrogen-bond acceptors (Lipinski definition) is 4. The molecule has 0 aromatic carbocycles. The molecule has 3 N–H and O–H groups in total. The van der Waals surface area contributed by atoms with Crippen molar-refractivity contribution in [1.29, 1.82) is 0 Å². The van der Waals surface area contributed by atoms with Crippen molar-refractivity contribution in [3.63, 3.8) is 0 Å². The van der Waals surface area contributed by atoms with Crippen molar-refractivity contribution in [2.24, 2.45) is 0 Å². The van der Waals surface area contributed by atoms with Crippen LogP contribution >= 0.6 is 11.6 Å². The normalized spacial score (nSPS) is 11.6. The smallest absolute Gasteiger partial charge is 0.407 e. The lowest BCUT2D eigenvalue weighted by atomic mass is 10.2. The molecule has 0 radical (unpaired) electrons. The number of nitrogen functional groups attached to an aromatic ring is 1. The molecule has 0 unspecified atom stereocenters. The van der Waals surface area contributed by atoms with Crippen LogP contribution in [0.15, 0.2) is 18.3 Å². The predicted molar refractivity (Wildman–Crippen MR) is 81.5 cm³/mol. The van der Waals surface area contributed by atoms with Gasteiger partial charge in [0.2, 0.25) is 0 Å². The molecular formula is C14H20ClN3O2. The summed E-state index contributed by atoms with van der Waals surface area (Å²) in [6, 6.07) is 1.74. The van der Waals surface area contributed by atoms with Gasteiger partial charge in [-0.15, -0.1) is 0 Å². The highest BCUT2D eigenvalue weighted by Gasteiger charge is 2.15. The fourth-order valence-corrected chi connectivity index (χ4v) is 1.55. The third-order valence-electron chi connectivity index (χ3n) is 2.16. The van der Waals surface area contributed by atoms with Crippen LogP contribution in [0.4, 0.5) is 10.5 Å². The topological polar surface area (TPSA) is 77.2 Å². The van der Waals surface area contributed by atoms with Gasteiger partial charge >= 0.3 is 6.09 Å². The van der Waals surface area contributed by atoms with Crippen LogP contribution in [0.2, 0.25) is 5.15 Å². The average Bonchev–Trinajstić information content (AvgIpc) is 2.30. The molecule has 0 saturated heterocycles. The van der Waals surface area contributed by atoms with E-state index in [0.717, 1.165) is 5.56 Å². The number of alkyl carbamates (subject to hydrolysis) is 1. The van der Waals surface area contributed by atoms with Crippen LogP contribution in [-0.2, 0) is 4.74 Å². The highest BCUT2D eigenvalue weighted by Crippen LogP contribution is 2.17. The average molecular weight is 298 g/mol. The number of anilines is 1. The van der Waals surface area contributed by atoms with Gasteiger partial charge in [-0.3, -0.25) is 0 Å². The van der Waals surface area contributed by atoms with Crippen LogP contribution < -0.4 is 11.1 Å². The number of nitrogens with two attached hydrogens (primary N) is 1. The first-order chi connectivity index (χ1) is 9.28. The van der Waals surface area contributed by atoms with Gasteiger partial charge in [0, 0.05) is 12.1 Å². The maximum absolute atomic E-state index is 11.4. The molecule has 5 nitrogen and oxygen atoms in total. The highest BCUT2D eigenvalue weighted by molar-refractivity contribution is 6.30. The number of nitrogens with one attached hydrogen (secondary N) is 1. The van der Waals surface area contributed by atoms with Crippen LogP contribution in [0.25, 0.3) is 6.08 Å². The number of carbonyl (C=O) groups excluding carboxylic acids is 1. The number of amides is 1. The molecule has 20 heavy (non-hydrogen) atoms. The summed E-state index contributed by atoms with van der Waals surface area (Å²) < 4.78 is 5.12. The first kappa shape index (κ1) is 16.3. The number of hydrogen-bond donors (Lipinski definition) is 2. The zero-order chi connectivity index (χ0) is 15.2. The van der Waals surface area contributed by atoms with Crippen molar-refractivity contribution in [3.8, 4) is 0 Å². The Morgan fingerprint density at radius 3 is 2.90 bits per heavy atom. The van der Waals surface area contributed by atoms with Crippen molar-refractivity contribution in [2.45, 2.75) is 32.8 Å². The summed E-state index contributed by atoms with van der Waals surface area (Å²) >= 11 is 5.92. The summed E-state index contributed by atoms with van der Waals surface area (Å²) in [7, 11) is 0. The summed E-state index contributed by atoms with van der Waals surface area (Å²) in [6.07, 6.45) is 5.45. The van der Waals surface area contributed by atoms with E-state index < -0.39 is 11.7 Å². The quantitative estimate of drug-likeness (QED) is 0.660. The molecule has 0 saturated carbocycles. The van der Waals surface area contributed by atoms with Crippen LogP contribution in [0, 0.1) is 0 Å². The summed E-state index contributed by atoms with van der Waals surface area (Å²) in [5.74, 6) is 0. The molecule has 1 aromatic rings. The highest BCUT2D eigenvalue weighted by atomic mass is 35.5. The van der Waals surface area contributed by atoms with E-state index in [9.17, 15) is 4.79 Å². The second kappa shape index (κ2) is 7.14. The van der Waals surface area contributed by atoms with Crippen LogP contribution in [0.1, 0.15) is 32.8 Å². The summed E-state index contributed by atoms with van der Waals surface area (Å²) in [4.78, 5) is 15.3. The molecule has 6 heteroatoms. The molecule has 0 aliphatic carbocycles. The number of nitrogens with zero attached hydrogens (tertiary/aromatic N) is 1. The molecular weight excluding hydrogens is 278 g/mol. The van der Waals surface area contributed by atoms with Crippen molar-refractivity contribution in [1.82, 2.24) is 10.3 Å². The molecule has 1 aromatic heterocycles. The van der Waals surface area contributed by atoms with Gasteiger partial charge in [-0.05, 0) is 33.3 Å². The number of rotatable bonds is 4. The largest absolute Gasteiger partial charge is 0.444 e. The minimum Gasteiger partial charge on any atom is -0.444 e. The lowest BCUT2D eigenvalue weighted by molar-refractivity contribution is 0.0529. The van der Waals surface area contributed by atoms with Gasteiger partial charge in [0.15, 0.2) is 0 Å². The van der Waals surface area contributed by atoms with Gasteiger partial charge in [-0.2, -0.15) is 0 Å². The van der Waals surface area contributed by atoms with E-state index in [4.69, 9.17) is 22.1 Å². The maximum atomic E-state index is 11.4. The summed E-state index contributed by atoms with van der Waals surface area (Å²) in [5.41, 5.74) is 6.45. The molecule has 0 bridgehead atoms. The molecule has 0 atom stereocenters. The van der Waals surface area contributed by atoms with E-state index >= 15 is 0 Å². The summed E-state index contributed by atoms with van der Waals surface area (Å²) in [6.45, 7) is 5.95. The van der Waals surface area contributed by atoms with Crippen molar-refractivity contribution in [2.75, 3.05) is 12.3 Å². The fourth-order valence-electron chi connectivity index (χ4n) is 1.38. The second-order valence-electron chi connectivity index (χ2n) is 5.27. The van der Waals surface area contributed by atoms with E-state index in [1.165, 1.54) is 6.20 Å². The van der Waals surface area contributed by atoms with Gasteiger partial charge in [0.25, 0.3) is 0 Å². The number of carbonyl (C=O) groups is 1. The zero-order valence-corrected chi connectivity index (χ0v) is 12.7. The monoisotopic (exact) mass is 297 g/mol. The van der Waals surface area contributed by atoms with Gasteiger partial charge < -0.3 is 15.8 Å². The Kier molecular flexibility index (Phi) is 5.82. The number of halogens is 1. The number of aromatic nitrogens is 1. The van der Waals surface area contributed by atoms with Gasteiger partial charge in [0.05, 0.1) is 11.9 Å². The van der Waals surface area contributed by atoms with E-state index in [1.807, 2.05) is 32.9 Å². The van der Waals surface area contributed by atoms with Crippen molar-refractivity contribution in [3.05, 3.63) is 29.1 Å². The second-order valence-corrected chi connectivity index (χ2v) is 5.63. The third kappa shape index (κ3) is 6.43. The number of pyridine rings is 1. The molecule has 1 heterocycles. The number of ether oxygens (including phenoxy) is 1. The van der Waals surface area contributed by atoms with E-state index in [1.54, 1.807) is 6.07 Å². The maximum Gasteiger partial charge on any atom is 0.407 e. The Bertz CT molecular complexity index is 496. The fraction of sp³-hybridized carbons (Fsp3) is 0.429. The summed E-state index contributed by atoms with van der Waals surface area (Å²) in [5, 5.41) is 3.06. The molecule has 0 spiro atoms. The predicted octanol–water partition coefficient (Wildman–Crippen LogP) is 3.25. The van der Waals surface area contributed by atoms with Crippen LogP contribution in [-0.4, -0.2) is 23.2 Å². The molecule has 1 rings (SSSR count). The van der Waals surface area contributed by atoms with Gasteiger partial charge in [-0.25, -0.2) is 9.78 Å². The lowest BCUT2D eigenvalue weighted by Crippen LogP contribution is -2.32. The Hall–Kier alpha value is -1.75. The van der Waals surface area contributed by atoms with Crippen molar-refractivity contribution < 1.29 is 9.53 Å².